The third-order valence-corrected chi connectivity index (χ3v) is 5.62. The summed E-state index contributed by atoms with van der Waals surface area (Å²) in [5.74, 6) is 1.62. The van der Waals surface area contributed by atoms with Crippen LogP contribution in [0.5, 0.6) is 5.75 Å². The Balaban J connectivity index is 1.82. The molecule has 0 saturated carbocycles. The van der Waals surface area contributed by atoms with Crippen molar-refractivity contribution in [1.82, 2.24) is 14.5 Å². The van der Waals surface area contributed by atoms with Crippen molar-refractivity contribution in [2.45, 2.75) is 65.7 Å². The van der Waals surface area contributed by atoms with E-state index in [0.29, 0.717) is 12.5 Å². The maximum Gasteiger partial charge on any atom is 0.234 e. The van der Waals surface area contributed by atoms with Gasteiger partial charge in [-0.25, -0.2) is 9.97 Å². The highest BCUT2D eigenvalue weighted by Crippen LogP contribution is 2.24. The molecule has 0 amide bonds. The second-order valence-corrected chi connectivity index (χ2v) is 7.67. The second-order valence-electron chi connectivity index (χ2n) is 7.67. The van der Waals surface area contributed by atoms with E-state index < -0.39 is 0 Å². The average molecular weight is 407 g/mol. The minimum Gasteiger partial charge on any atom is -0.487 e. The number of hydrogen-bond acceptors (Lipinski definition) is 5. The lowest BCUT2D eigenvalue weighted by molar-refractivity contribution is 0.279. The van der Waals surface area contributed by atoms with E-state index in [2.05, 4.69) is 28.4 Å². The number of aromatic nitrogens is 3. The van der Waals surface area contributed by atoms with Gasteiger partial charge in [-0.3, -0.25) is 0 Å². The zero-order valence-corrected chi connectivity index (χ0v) is 17.8. The number of nitriles is 1. The fourth-order valence-corrected chi connectivity index (χ4v) is 3.72. The molecule has 1 atom stereocenters. The molecule has 30 heavy (non-hydrogen) atoms. The van der Waals surface area contributed by atoms with Crippen LogP contribution in [0.1, 0.15) is 63.0 Å². The van der Waals surface area contributed by atoms with Crippen molar-refractivity contribution in [3.8, 4) is 11.8 Å². The van der Waals surface area contributed by atoms with Gasteiger partial charge in [0.25, 0.3) is 0 Å². The molecule has 3 aromatic rings. The topological polar surface area (TPSA) is 84.0 Å². The lowest BCUT2D eigenvalue weighted by Crippen LogP contribution is -2.11. The summed E-state index contributed by atoms with van der Waals surface area (Å²) in [6.45, 7) is 5.75. The van der Waals surface area contributed by atoms with Crippen LogP contribution in [0.2, 0.25) is 0 Å². The Hall–Kier alpha value is -2.91. The summed E-state index contributed by atoms with van der Waals surface area (Å²) < 4.78 is 8.18. The molecule has 158 valence electrons. The number of nitrogens with zero attached hydrogens (tertiary/aromatic N) is 4. The first-order valence-corrected chi connectivity index (χ1v) is 10.8. The van der Waals surface area contributed by atoms with E-state index in [4.69, 9.17) is 4.74 Å². The third-order valence-electron chi connectivity index (χ3n) is 5.62. The molecule has 1 unspecified atom stereocenters. The van der Waals surface area contributed by atoms with Gasteiger partial charge in [0.05, 0.1) is 12.3 Å². The van der Waals surface area contributed by atoms with Crippen LogP contribution < -0.4 is 4.74 Å². The van der Waals surface area contributed by atoms with Crippen LogP contribution in [0.25, 0.3) is 11.0 Å². The third kappa shape index (κ3) is 5.37. The first kappa shape index (κ1) is 21.8. The molecule has 6 nitrogen and oxygen atoms in total. The number of aliphatic hydroxyl groups excluding tert-OH is 1. The van der Waals surface area contributed by atoms with Gasteiger partial charge in [0, 0.05) is 18.1 Å². The molecule has 0 aliphatic heterocycles. The van der Waals surface area contributed by atoms with Crippen LogP contribution in [0, 0.1) is 17.2 Å². The standard InChI is InChI=1S/C24H30N4O2/c1-3-5-6-18(4-2)11-12-28-21(13-20-15-26-23(14-25)27-24(20)28)17-30-22-9-7-19(16-29)8-10-22/h7-10,13,15,18,29H,3-6,11-12,16-17H2,1-2H3. The van der Waals surface area contributed by atoms with Crippen molar-refractivity contribution < 1.29 is 9.84 Å². The van der Waals surface area contributed by atoms with Gasteiger partial charge < -0.3 is 14.4 Å². The van der Waals surface area contributed by atoms with E-state index in [1.165, 1.54) is 25.7 Å². The van der Waals surface area contributed by atoms with Gasteiger partial charge in [-0.15, -0.1) is 0 Å². The molecule has 0 radical (unpaired) electrons. The Kier molecular flexibility index (Phi) is 7.81. The summed E-state index contributed by atoms with van der Waals surface area (Å²) in [5.41, 5.74) is 2.67. The predicted octanol–water partition coefficient (Wildman–Crippen LogP) is 4.98. The van der Waals surface area contributed by atoms with Gasteiger partial charge in [0.1, 0.15) is 24.1 Å². The van der Waals surface area contributed by atoms with Crippen LogP contribution in [-0.2, 0) is 19.8 Å². The van der Waals surface area contributed by atoms with Gasteiger partial charge in [-0.05, 0) is 36.1 Å². The van der Waals surface area contributed by atoms with Crippen molar-refractivity contribution in [3.63, 3.8) is 0 Å². The van der Waals surface area contributed by atoms with Crippen molar-refractivity contribution in [2.24, 2.45) is 5.92 Å². The number of fused-ring (bicyclic) bond motifs is 1. The molecule has 0 aliphatic carbocycles. The fourth-order valence-electron chi connectivity index (χ4n) is 3.72. The summed E-state index contributed by atoms with van der Waals surface area (Å²) in [6, 6.07) is 11.5. The molecule has 0 saturated heterocycles. The quantitative estimate of drug-likeness (QED) is 0.485. The molecule has 0 spiro atoms. The van der Waals surface area contributed by atoms with E-state index in [-0.39, 0.29) is 12.4 Å². The summed E-state index contributed by atoms with van der Waals surface area (Å²) in [6.07, 6.45) is 7.67. The number of aryl methyl sites for hydroxylation is 1. The highest BCUT2D eigenvalue weighted by molar-refractivity contribution is 5.76. The highest BCUT2D eigenvalue weighted by atomic mass is 16.5. The van der Waals surface area contributed by atoms with Crippen molar-refractivity contribution in [2.75, 3.05) is 0 Å². The van der Waals surface area contributed by atoms with Crippen molar-refractivity contribution in [1.29, 1.82) is 5.26 Å². The Bertz CT molecular complexity index is 989. The molecule has 6 heteroatoms. The summed E-state index contributed by atoms with van der Waals surface area (Å²) >= 11 is 0. The molecular formula is C24H30N4O2. The zero-order chi connectivity index (χ0) is 21.3. The van der Waals surface area contributed by atoms with E-state index in [9.17, 15) is 10.4 Å². The second kappa shape index (κ2) is 10.7. The minimum atomic E-state index is 0.0189. The molecular weight excluding hydrogens is 376 g/mol. The van der Waals surface area contributed by atoms with Crippen LogP contribution in [0.3, 0.4) is 0 Å². The number of aliphatic hydroxyl groups is 1. The number of rotatable bonds is 11. The molecule has 1 N–H and O–H groups in total. The molecule has 3 rings (SSSR count). The van der Waals surface area contributed by atoms with Crippen molar-refractivity contribution >= 4 is 11.0 Å². The first-order chi connectivity index (χ1) is 14.7. The molecule has 0 bridgehead atoms. The highest BCUT2D eigenvalue weighted by Gasteiger charge is 2.14. The SMILES string of the molecule is CCCCC(CC)CCn1c(COc2ccc(CO)cc2)cc2cnc(C#N)nc21. The van der Waals surface area contributed by atoms with E-state index >= 15 is 0 Å². The number of benzene rings is 1. The van der Waals surface area contributed by atoms with E-state index in [1.54, 1.807) is 6.20 Å². The average Bonchev–Trinajstić information content (AvgIpc) is 3.14. The lowest BCUT2D eigenvalue weighted by Gasteiger charge is -2.17. The Morgan fingerprint density at radius 2 is 2.00 bits per heavy atom. The van der Waals surface area contributed by atoms with Gasteiger partial charge >= 0.3 is 0 Å². The summed E-state index contributed by atoms with van der Waals surface area (Å²) in [7, 11) is 0. The van der Waals surface area contributed by atoms with Gasteiger partial charge in [-0.2, -0.15) is 5.26 Å². The number of ether oxygens (including phenoxy) is 1. The van der Waals surface area contributed by atoms with Crippen molar-refractivity contribution in [3.05, 3.63) is 53.6 Å². The summed E-state index contributed by atoms with van der Waals surface area (Å²) in [5, 5.41) is 19.3. The monoisotopic (exact) mass is 406 g/mol. The molecule has 2 aromatic heterocycles. The Labute approximate surface area is 178 Å². The lowest BCUT2D eigenvalue weighted by atomic mass is 9.96. The van der Waals surface area contributed by atoms with Gasteiger partial charge in [0.2, 0.25) is 5.82 Å². The zero-order valence-electron chi connectivity index (χ0n) is 17.8. The van der Waals surface area contributed by atoms with Crippen LogP contribution in [0.15, 0.2) is 36.5 Å². The maximum absolute atomic E-state index is 9.22. The number of hydrogen-bond donors (Lipinski definition) is 1. The normalized spacial score (nSPS) is 12.1. The van der Waals surface area contributed by atoms with Gasteiger partial charge in [0.15, 0.2) is 0 Å². The van der Waals surface area contributed by atoms with Crippen LogP contribution in [0.4, 0.5) is 0 Å². The maximum atomic E-state index is 9.22. The molecule has 1 aromatic carbocycles. The molecule has 0 fully saturated rings. The Morgan fingerprint density at radius 3 is 2.67 bits per heavy atom. The summed E-state index contributed by atoms with van der Waals surface area (Å²) in [4.78, 5) is 8.58. The molecule has 0 aliphatic rings. The smallest absolute Gasteiger partial charge is 0.234 e. The minimum absolute atomic E-state index is 0.0189. The Morgan fingerprint density at radius 1 is 1.20 bits per heavy atom. The predicted molar refractivity (Wildman–Crippen MR) is 117 cm³/mol. The van der Waals surface area contributed by atoms with Gasteiger partial charge in [-0.1, -0.05) is 51.7 Å². The fraction of sp³-hybridized carbons (Fsp3) is 0.458. The largest absolute Gasteiger partial charge is 0.487 e. The van der Waals surface area contributed by atoms with Crippen LogP contribution in [-0.4, -0.2) is 19.6 Å². The van der Waals surface area contributed by atoms with E-state index in [1.807, 2.05) is 36.4 Å². The number of unbranched alkanes of at least 4 members (excludes halogenated alkanes) is 1. The van der Waals surface area contributed by atoms with Crippen LogP contribution >= 0.6 is 0 Å². The first-order valence-electron chi connectivity index (χ1n) is 10.8. The van der Waals surface area contributed by atoms with E-state index in [0.717, 1.165) is 41.0 Å². The molecule has 2 heterocycles.